The van der Waals surface area contributed by atoms with Gasteiger partial charge < -0.3 is 5.73 Å². The number of nitrogens with two attached hydrogens (primary N) is 1. The van der Waals surface area contributed by atoms with Gasteiger partial charge in [0.05, 0.1) is 0 Å². The highest BCUT2D eigenvalue weighted by Crippen LogP contribution is 2.26. The summed E-state index contributed by atoms with van der Waals surface area (Å²) in [5.74, 6) is 0. The van der Waals surface area contributed by atoms with Crippen LogP contribution in [0, 0.1) is 0 Å². The summed E-state index contributed by atoms with van der Waals surface area (Å²) >= 11 is 5.33. The first-order chi connectivity index (χ1) is 6.22. The van der Waals surface area contributed by atoms with Crippen molar-refractivity contribution in [3.05, 3.63) is 28.7 Å². The van der Waals surface area contributed by atoms with E-state index >= 15 is 0 Å². The van der Waals surface area contributed by atoms with Crippen LogP contribution < -0.4 is 5.73 Å². The molecular weight excluding hydrogens is 246 g/mol. The van der Waals surface area contributed by atoms with E-state index in [2.05, 4.69) is 41.1 Å². The summed E-state index contributed by atoms with van der Waals surface area (Å²) in [5.41, 5.74) is 5.49. The summed E-state index contributed by atoms with van der Waals surface area (Å²) in [4.78, 5) is 1.30. The third-order valence-corrected chi connectivity index (χ3v) is 3.36. The van der Waals surface area contributed by atoms with E-state index in [0.717, 1.165) is 17.4 Å². The number of thioether (sulfide) groups is 1. The molecule has 0 aromatic heterocycles. The molecule has 0 aliphatic rings. The summed E-state index contributed by atoms with van der Waals surface area (Å²) in [7, 11) is 0. The molecular formula is C10H14BrNS. The van der Waals surface area contributed by atoms with Gasteiger partial charge >= 0.3 is 0 Å². The van der Waals surface area contributed by atoms with Crippen molar-refractivity contribution in [1.29, 1.82) is 0 Å². The summed E-state index contributed by atoms with van der Waals surface area (Å²) in [5, 5.41) is 0.597. The minimum atomic E-state index is 0.597. The zero-order valence-corrected chi connectivity index (χ0v) is 10.1. The van der Waals surface area contributed by atoms with E-state index in [1.54, 1.807) is 0 Å². The van der Waals surface area contributed by atoms with Gasteiger partial charge in [0, 0.05) is 14.6 Å². The fraction of sp³-hybridized carbons (Fsp3) is 0.400. The average molecular weight is 260 g/mol. The lowest BCUT2D eigenvalue weighted by Gasteiger charge is -2.09. The molecule has 0 aliphatic heterocycles. The maximum absolute atomic E-state index is 5.49. The number of hydrogen-bond acceptors (Lipinski definition) is 2. The van der Waals surface area contributed by atoms with Gasteiger partial charge in [0.25, 0.3) is 0 Å². The fourth-order valence-electron chi connectivity index (χ4n) is 1.07. The van der Waals surface area contributed by atoms with Crippen LogP contribution in [0.15, 0.2) is 33.6 Å². The molecule has 1 aromatic carbocycles. The van der Waals surface area contributed by atoms with Crippen LogP contribution in [0.25, 0.3) is 0 Å². The van der Waals surface area contributed by atoms with Crippen molar-refractivity contribution in [3.63, 3.8) is 0 Å². The number of hydrogen-bond donors (Lipinski definition) is 1. The molecule has 0 fully saturated rings. The summed E-state index contributed by atoms with van der Waals surface area (Å²) in [6.45, 7) is 2.97. The molecule has 72 valence electrons. The fourth-order valence-corrected chi connectivity index (χ4v) is 2.69. The van der Waals surface area contributed by atoms with Crippen molar-refractivity contribution in [1.82, 2.24) is 0 Å². The molecule has 0 saturated carbocycles. The molecule has 1 rings (SSSR count). The molecule has 0 radical (unpaired) electrons. The van der Waals surface area contributed by atoms with Crippen molar-refractivity contribution < 1.29 is 0 Å². The molecule has 0 heterocycles. The van der Waals surface area contributed by atoms with Gasteiger partial charge in [0.15, 0.2) is 0 Å². The lowest BCUT2D eigenvalue weighted by molar-refractivity contribution is 0.823. The second kappa shape index (κ2) is 5.68. The van der Waals surface area contributed by atoms with Crippen LogP contribution in [0.4, 0.5) is 0 Å². The Morgan fingerprint density at radius 1 is 1.54 bits per heavy atom. The smallest absolute Gasteiger partial charge is 0.0186 e. The van der Waals surface area contributed by atoms with Crippen molar-refractivity contribution in [2.24, 2.45) is 5.73 Å². The van der Waals surface area contributed by atoms with Crippen molar-refractivity contribution in [2.75, 3.05) is 6.54 Å². The van der Waals surface area contributed by atoms with Crippen LogP contribution in [0.1, 0.15) is 13.3 Å². The third-order valence-electron chi connectivity index (χ3n) is 1.71. The lowest BCUT2D eigenvalue weighted by atomic mass is 10.3. The van der Waals surface area contributed by atoms with Gasteiger partial charge in [-0.25, -0.2) is 0 Å². The minimum Gasteiger partial charge on any atom is -0.330 e. The minimum absolute atomic E-state index is 0.597. The molecule has 0 bridgehead atoms. The maximum Gasteiger partial charge on any atom is 0.0186 e. The highest BCUT2D eigenvalue weighted by Gasteiger charge is 2.02. The molecule has 0 spiro atoms. The van der Waals surface area contributed by atoms with Gasteiger partial charge in [-0.3, -0.25) is 0 Å². The highest BCUT2D eigenvalue weighted by molar-refractivity contribution is 9.10. The first-order valence-electron chi connectivity index (χ1n) is 4.34. The molecule has 0 saturated heterocycles. The number of halogens is 1. The molecule has 0 aliphatic carbocycles. The van der Waals surface area contributed by atoms with Crippen molar-refractivity contribution in [3.8, 4) is 0 Å². The SMILES string of the molecule is CC(CCN)Sc1cccc(Br)c1. The molecule has 2 N–H and O–H groups in total. The highest BCUT2D eigenvalue weighted by atomic mass is 79.9. The van der Waals surface area contributed by atoms with Crippen LogP contribution >= 0.6 is 27.7 Å². The van der Waals surface area contributed by atoms with Crippen LogP contribution in [-0.2, 0) is 0 Å². The van der Waals surface area contributed by atoms with Gasteiger partial charge in [-0.2, -0.15) is 0 Å². The predicted molar refractivity (Wildman–Crippen MR) is 63.1 cm³/mol. The molecule has 1 aromatic rings. The molecule has 3 heteroatoms. The Morgan fingerprint density at radius 3 is 2.92 bits per heavy atom. The zero-order chi connectivity index (χ0) is 9.68. The standard InChI is InChI=1S/C10H14BrNS/c1-8(5-6-12)13-10-4-2-3-9(11)7-10/h2-4,7-8H,5-6,12H2,1H3. The van der Waals surface area contributed by atoms with Crippen molar-refractivity contribution >= 4 is 27.7 Å². The second-order valence-electron chi connectivity index (χ2n) is 2.96. The van der Waals surface area contributed by atoms with E-state index in [1.165, 1.54) is 4.90 Å². The Labute approximate surface area is 92.2 Å². The number of rotatable bonds is 4. The van der Waals surface area contributed by atoms with E-state index in [0.29, 0.717) is 5.25 Å². The van der Waals surface area contributed by atoms with Gasteiger partial charge in [-0.15, -0.1) is 11.8 Å². The van der Waals surface area contributed by atoms with Gasteiger partial charge in [0.2, 0.25) is 0 Å². The lowest BCUT2D eigenvalue weighted by Crippen LogP contribution is -2.06. The summed E-state index contributed by atoms with van der Waals surface area (Å²) in [6, 6.07) is 8.36. The van der Waals surface area contributed by atoms with E-state index in [1.807, 2.05) is 17.8 Å². The Bertz CT molecular complexity index is 265. The Hall–Kier alpha value is 0.01000. The topological polar surface area (TPSA) is 26.0 Å². The molecule has 1 nitrogen and oxygen atoms in total. The van der Waals surface area contributed by atoms with E-state index < -0.39 is 0 Å². The second-order valence-corrected chi connectivity index (χ2v) is 5.39. The van der Waals surface area contributed by atoms with E-state index in [-0.39, 0.29) is 0 Å². The maximum atomic E-state index is 5.49. The normalized spacial score (nSPS) is 12.8. The van der Waals surface area contributed by atoms with Crippen LogP contribution in [0.5, 0.6) is 0 Å². The average Bonchev–Trinajstić information content (AvgIpc) is 2.04. The van der Waals surface area contributed by atoms with Crippen LogP contribution in [-0.4, -0.2) is 11.8 Å². The van der Waals surface area contributed by atoms with Gasteiger partial charge in [0.1, 0.15) is 0 Å². The quantitative estimate of drug-likeness (QED) is 0.841. The summed E-state index contributed by atoms with van der Waals surface area (Å²) in [6.07, 6.45) is 1.07. The largest absolute Gasteiger partial charge is 0.330 e. The molecule has 13 heavy (non-hydrogen) atoms. The Kier molecular flexibility index (Phi) is 4.84. The van der Waals surface area contributed by atoms with E-state index in [4.69, 9.17) is 5.73 Å². The predicted octanol–water partition coefficient (Wildman–Crippen LogP) is 3.28. The van der Waals surface area contributed by atoms with Crippen LogP contribution in [0.3, 0.4) is 0 Å². The van der Waals surface area contributed by atoms with E-state index in [9.17, 15) is 0 Å². The van der Waals surface area contributed by atoms with Gasteiger partial charge in [-0.1, -0.05) is 28.9 Å². The Balaban J connectivity index is 2.53. The third kappa shape index (κ3) is 4.16. The Morgan fingerprint density at radius 2 is 2.31 bits per heavy atom. The first kappa shape index (κ1) is 11.1. The summed E-state index contributed by atoms with van der Waals surface area (Å²) < 4.78 is 1.14. The monoisotopic (exact) mass is 259 g/mol. The van der Waals surface area contributed by atoms with Crippen LogP contribution in [0.2, 0.25) is 0 Å². The van der Waals surface area contributed by atoms with Crippen molar-refractivity contribution in [2.45, 2.75) is 23.5 Å². The number of benzene rings is 1. The molecule has 0 amide bonds. The first-order valence-corrected chi connectivity index (χ1v) is 6.02. The van der Waals surface area contributed by atoms with Gasteiger partial charge in [-0.05, 0) is 31.2 Å². The zero-order valence-electron chi connectivity index (χ0n) is 7.66. The molecule has 1 atom stereocenters. The molecule has 1 unspecified atom stereocenters.